The molecule has 1 aromatic heterocycles. The first-order valence-corrected chi connectivity index (χ1v) is 7.08. The van der Waals surface area contributed by atoms with Gasteiger partial charge in [0.1, 0.15) is 17.9 Å². The predicted molar refractivity (Wildman–Crippen MR) is 77.6 cm³/mol. The number of aromatic nitrogens is 2. The molecule has 6 heteroatoms. The molecule has 1 saturated carbocycles. The quantitative estimate of drug-likeness (QED) is 0.919. The number of rotatable bonds is 5. The Balaban J connectivity index is 1.60. The Morgan fingerprint density at radius 1 is 1.32 bits per heavy atom. The lowest BCUT2D eigenvalue weighted by Gasteiger charge is -2.17. The molecule has 114 valence electrons. The Hall–Kier alpha value is -2.50. The summed E-state index contributed by atoms with van der Waals surface area (Å²) in [5.41, 5.74) is 0.765. The number of ether oxygens (including phenoxy) is 1. The van der Waals surface area contributed by atoms with Crippen molar-refractivity contribution in [3.05, 3.63) is 53.9 Å². The van der Waals surface area contributed by atoms with Crippen LogP contribution in [0.2, 0.25) is 0 Å². The fraction of sp³-hybridized carbons (Fsp3) is 0.312. The van der Waals surface area contributed by atoms with E-state index in [4.69, 9.17) is 4.74 Å². The van der Waals surface area contributed by atoms with Crippen LogP contribution in [0, 0.1) is 12.7 Å². The third-order valence-corrected chi connectivity index (χ3v) is 3.54. The van der Waals surface area contributed by atoms with Crippen molar-refractivity contribution in [1.29, 1.82) is 0 Å². The molecule has 0 aliphatic heterocycles. The number of hydrogen-bond donors (Lipinski definition) is 1. The van der Waals surface area contributed by atoms with E-state index < -0.39 is 5.60 Å². The molecule has 2 aromatic rings. The molecule has 1 aliphatic carbocycles. The topological polar surface area (TPSA) is 64.1 Å². The van der Waals surface area contributed by atoms with Gasteiger partial charge in [-0.05, 0) is 37.3 Å². The lowest BCUT2D eigenvalue weighted by Crippen LogP contribution is -2.40. The van der Waals surface area contributed by atoms with Crippen LogP contribution in [0.5, 0.6) is 5.75 Å². The molecule has 5 nitrogen and oxygen atoms in total. The monoisotopic (exact) mass is 301 g/mol. The minimum absolute atomic E-state index is 0.173. The third-order valence-electron chi connectivity index (χ3n) is 3.54. The zero-order chi connectivity index (χ0) is 15.6. The van der Waals surface area contributed by atoms with E-state index in [2.05, 4.69) is 15.3 Å². The standard InChI is InChI=1S/C16H16FN3O2/c1-11-8-13(20-10-19-11)9-18-15(21)16(6-7-16)22-14-4-2-12(17)3-5-14/h2-5,8,10H,6-7,9H2,1H3,(H,18,21). The Labute approximate surface area is 127 Å². The van der Waals surface area contributed by atoms with E-state index in [0.29, 0.717) is 25.1 Å². The van der Waals surface area contributed by atoms with Gasteiger partial charge in [0.15, 0.2) is 5.60 Å². The molecule has 0 atom stereocenters. The summed E-state index contributed by atoms with van der Waals surface area (Å²) in [5.74, 6) is -0.0131. The number of nitrogens with zero attached hydrogens (tertiary/aromatic N) is 2. The van der Waals surface area contributed by atoms with Gasteiger partial charge >= 0.3 is 0 Å². The molecule has 1 amide bonds. The molecular formula is C16H16FN3O2. The van der Waals surface area contributed by atoms with E-state index in [1.807, 2.05) is 13.0 Å². The summed E-state index contributed by atoms with van der Waals surface area (Å²) >= 11 is 0. The van der Waals surface area contributed by atoms with Crippen LogP contribution in [0.25, 0.3) is 0 Å². The number of aryl methyl sites for hydroxylation is 1. The van der Waals surface area contributed by atoms with Crippen molar-refractivity contribution in [1.82, 2.24) is 15.3 Å². The Bertz CT molecular complexity index is 684. The van der Waals surface area contributed by atoms with Crippen LogP contribution in [0.1, 0.15) is 24.2 Å². The first kappa shape index (κ1) is 14.4. The van der Waals surface area contributed by atoms with Gasteiger partial charge in [0.25, 0.3) is 5.91 Å². The van der Waals surface area contributed by atoms with Crippen molar-refractivity contribution in [2.75, 3.05) is 0 Å². The van der Waals surface area contributed by atoms with Crippen LogP contribution >= 0.6 is 0 Å². The van der Waals surface area contributed by atoms with Crippen LogP contribution in [-0.2, 0) is 11.3 Å². The lowest BCUT2D eigenvalue weighted by molar-refractivity contribution is -0.130. The highest BCUT2D eigenvalue weighted by Crippen LogP contribution is 2.40. The summed E-state index contributed by atoms with van der Waals surface area (Å²) in [7, 11) is 0. The predicted octanol–water partition coefficient (Wildman–Crippen LogP) is 2.15. The Kier molecular flexibility index (Phi) is 3.75. The van der Waals surface area contributed by atoms with E-state index >= 15 is 0 Å². The number of benzene rings is 1. The summed E-state index contributed by atoms with van der Waals surface area (Å²) in [6.07, 6.45) is 2.77. The van der Waals surface area contributed by atoms with Crippen molar-refractivity contribution < 1.29 is 13.9 Å². The smallest absolute Gasteiger partial charge is 0.264 e. The molecule has 0 saturated heterocycles. The molecule has 1 aliphatic rings. The van der Waals surface area contributed by atoms with Crippen molar-refractivity contribution in [3.63, 3.8) is 0 Å². The molecule has 0 bridgehead atoms. The van der Waals surface area contributed by atoms with Crippen molar-refractivity contribution in [2.24, 2.45) is 0 Å². The average Bonchev–Trinajstić information content (AvgIpc) is 3.28. The number of carbonyl (C=O) groups is 1. The van der Waals surface area contributed by atoms with Gasteiger partial charge in [-0.15, -0.1) is 0 Å². The van der Waals surface area contributed by atoms with Gasteiger partial charge in [-0.25, -0.2) is 14.4 Å². The number of carbonyl (C=O) groups excluding carboxylic acids is 1. The average molecular weight is 301 g/mol. The summed E-state index contributed by atoms with van der Waals surface area (Å²) in [6.45, 7) is 2.20. The molecular weight excluding hydrogens is 285 g/mol. The van der Waals surface area contributed by atoms with E-state index in [0.717, 1.165) is 11.4 Å². The fourth-order valence-corrected chi connectivity index (χ4v) is 2.16. The molecule has 0 spiro atoms. The zero-order valence-electron chi connectivity index (χ0n) is 12.2. The molecule has 1 heterocycles. The second kappa shape index (κ2) is 5.71. The molecule has 3 rings (SSSR count). The van der Waals surface area contributed by atoms with E-state index in [1.54, 1.807) is 0 Å². The highest BCUT2D eigenvalue weighted by Gasteiger charge is 2.52. The maximum atomic E-state index is 12.9. The molecule has 0 unspecified atom stereocenters. The maximum Gasteiger partial charge on any atom is 0.264 e. The van der Waals surface area contributed by atoms with Gasteiger partial charge in [0, 0.05) is 18.5 Å². The van der Waals surface area contributed by atoms with Crippen LogP contribution in [0.15, 0.2) is 36.7 Å². The Morgan fingerprint density at radius 3 is 2.68 bits per heavy atom. The van der Waals surface area contributed by atoms with Crippen molar-refractivity contribution in [2.45, 2.75) is 31.9 Å². The lowest BCUT2D eigenvalue weighted by atomic mass is 10.2. The van der Waals surface area contributed by atoms with Gasteiger partial charge in [0.05, 0.1) is 12.2 Å². The summed E-state index contributed by atoms with van der Waals surface area (Å²) in [4.78, 5) is 20.4. The fourth-order valence-electron chi connectivity index (χ4n) is 2.16. The number of nitrogens with one attached hydrogen (secondary N) is 1. The minimum Gasteiger partial charge on any atom is -0.477 e. The highest BCUT2D eigenvalue weighted by molar-refractivity contribution is 5.88. The van der Waals surface area contributed by atoms with Crippen molar-refractivity contribution >= 4 is 5.91 Å². The SMILES string of the molecule is Cc1cc(CNC(=O)C2(Oc3ccc(F)cc3)CC2)ncn1. The summed E-state index contributed by atoms with van der Waals surface area (Å²) < 4.78 is 18.6. The molecule has 1 aromatic carbocycles. The Morgan fingerprint density at radius 2 is 2.05 bits per heavy atom. The van der Waals surface area contributed by atoms with E-state index in [-0.39, 0.29) is 11.7 Å². The second-order valence-electron chi connectivity index (χ2n) is 5.38. The highest BCUT2D eigenvalue weighted by atomic mass is 19.1. The molecule has 1 fully saturated rings. The van der Waals surface area contributed by atoms with Crippen molar-refractivity contribution in [3.8, 4) is 5.75 Å². The molecule has 22 heavy (non-hydrogen) atoms. The first-order valence-electron chi connectivity index (χ1n) is 7.08. The number of halogens is 1. The summed E-state index contributed by atoms with van der Waals surface area (Å²) in [5, 5.41) is 2.83. The van der Waals surface area contributed by atoms with Crippen LogP contribution in [0.3, 0.4) is 0 Å². The third kappa shape index (κ3) is 3.21. The van der Waals surface area contributed by atoms with Gasteiger partial charge in [-0.3, -0.25) is 4.79 Å². The van der Waals surface area contributed by atoms with Gasteiger partial charge < -0.3 is 10.1 Å². The van der Waals surface area contributed by atoms with Crippen LogP contribution in [0.4, 0.5) is 4.39 Å². The zero-order valence-corrected chi connectivity index (χ0v) is 12.2. The minimum atomic E-state index is -0.833. The largest absolute Gasteiger partial charge is 0.477 e. The summed E-state index contributed by atoms with van der Waals surface area (Å²) in [6, 6.07) is 7.49. The van der Waals surface area contributed by atoms with Gasteiger partial charge in [-0.1, -0.05) is 0 Å². The first-order chi connectivity index (χ1) is 10.6. The maximum absolute atomic E-state index is 12.9. The molecule has 0 radical (unpaired) electrons. The van der Waals surface area contributed by atoms with Crippen LogP contribution in [-0.4, -0.2) is 21.5 Å². The number of hydrogen-bond acceptors (Lipinski definition) is 4. The van der Waals surface area contributed by atoms with E-state index in [9.17, 15) is 9.18 Å². The normalized spacial score (nSPS) is 15.2. The second-order valence-corrected chi connectivity index (χ2v) is 5.38. The van der Waals surface area contributed by atoms with Crippen LogP contribution < -0.4 is 10.1 Å². The van der Waals surface area contributed by atoms with Gasteiger partial charge in [0.2, 0.25) is 0 Å². The number of amides is 1. The molecule has 1 N–H and O–H groups in total. The van der Waals surface area contributed by atoms with Gasteiger partial charge in [-0.2, -0.15) is 0 Å². The van der Waals surface area contributed by atoms with E-state index in [1.165, 1.54) is 30.6 Å².